The summed E-state index contributed by atoms with van der Waals surface area (Å²) in [6.45, 7) is 3.47. The van der Waals surface area contributed by atoms with Gasteiger partial charge in [0, 0.05) is 12.8 Å². The molecule has 1 saturated heterocycles. The average molecular weight is 237 g/mol. The van der Waals surface area contributed by atoms with Crippen molar-refractivity contribution < 1.29 is 19.6 Å². The van der Waals surface area contributed by atoms with Gasteiger partial charge in [-0.05, 0) is 26.7 Å². The standard InChI is InChI=1S/C10H17ClO4/c1-8(11)9(2)12-14-10(15-13-9)6-4-3-5-7-10/h8H,3-7H2,1-2H3. The summed E-state index contributed by atoms with van der Waals surface area (Å²) >= 11 is 5.92. The molecule has 1 aliphatic carbocycles. The van der Waals surface area contributed by atoms with Crippen molar-refractivity contribution in [2.75, 3.05) is 0 Å². The second kappa shape index (κ2) is 4.18. The molecule has 0 aromatic heterocycles. The first-order chi connectivity index (χ1) is 7.06. The van der Waals surface area contributed by atoms with Gasteiger partial charge in [-0.25, -0.2) is 0 Å². The fourth-order valence-corrected chi connectivity index (χ4v) is 1.81. The van der Waals surface area contributed by atoms with Crippen molar-refractivity contribution >= 4 is 11.6 Å². The molecule has 1 heterocycles. The summed E-state index contributed by atoms with van der Waals surface area (Å²) in [4.78, 5) is 21.2. The Morgan fingerprint density at radius 2 is 1.53 bits per heavy atom. The molecule has 1 saturated carbocycles. The second-order valence-electron chi connectivity index (χ2n) is 4.44. The van der Waals surface area contributed by atoms with Gasteiger partial charge in [-0.3, -0.25) is 0 Å². The van der Waals surface area contributed by atoms with Crippen LogP contribution >= 0.6 is 11.6 Å². The van der Waals surface area contributed by atoms with E-state index in [1.165, 1.54) is 6.42 Å². The van der Waals surface area contributed by atoms with E-state index in [0.717, 1.165) is 25.7 Å². The third-order valence-corrected chi connectivity index (χ3v) is 3.45. The van der Waals surface area contributed by atoms with Crippen LogP contribution in [0.25, 0.3) is 0 Å². The molecule has 4 nitrogen and oxygen atoms in total. The molecule has 15 heavy (non-hydrogen) atoms. The average Bonchev–Trinajstić information content (AvgIpc) is 2.24. The summed E-state index contributed by atoms with van der Waals surface area (Å²) in [5, 5.41) is -0.349. The van der Waals surface area contributed by atoms with Gasteiger partial charge in [0.25, 0.3) is 0 Å². The number of alkyl halides is 1. The smallest absolute Gasteiger partial charge is 0.195 e. The van der Waals surface area contributed by atoms with Crippen LogP contribution in [0.1, 0.15) is 46.0 Å². The van der Waals surface area contributed by atoms with Crippen LogP contribution in [-0.4, -0.2) is 17.0 Å². The maximum absolute atomic E-state index is 5.92. The molecule has 1 spiro atoms. The number of hydrogen-bond donors (Lipinski definition) is 0. The van der Waals surface area contributed by atoms with Crippen LogP contribution in [0.2, 0.25) is 0 Å². The molecule has 0 radical (unpaired) electrons. The van der Waals surface area contributed by atoms with E-state index in [1.807, 2.05) is 0 Å². The first-order valence-electron chi connectivity index (χ1n) is 5.44. The molecule has 0 bridgehead atoms. The zero-order valence-electron chi connectivity index (χ0n) is 9.12. The lowest BCUT2D eigenvalue weighted by Crippen LogP contribution is -2.53. The lowest BCUT2D eigenvalue weighted by molar-refractivity contribution is -0.656. The second-order valence-corrected chi connectivity index (χ2v) is 5.09. The Kier molecular flexibility index (Phi) is 3.24. The fraction of sp³-hybridized carbons (Fsp3) is 1.00. The molecule has 2 aliphatic rings. The maximum Gasteiger partial charge on any atom is 0.247 e. The highest BCUT2D eigenvalue weighted by molar-refractivity contribution is 6.21. The van der Waals surface area contributed by atoms with E-state index in [2.05, 4.69) is 0 Å². The van der Waals surface area contributed by atoms with Gasteiger partial charge in [-0.1, -0.05) is 6.42 Å². The van der Waals surface area contributed by atoms with Crippen LogP contribution in [-0.2, 0) is 19.6 Å². The van der Waals surface area contributed by atoms with E-state index in [9.17, 15) is 0 Å². The summed E-state index contributed by atoms with van der Waals surface area (Å²) in [5.74, 6) is -1.73. The van der Waals surface area contributed by atoms with Crippen LogP contribution in [0.15, 0.2) is 0 Å². The summed E-state index contributed by atoms with van der Waals surface area (Å²) < 4.78 is 0. The van der Waals surface area contributed by atoms with Crippen LogP contribution in [0.3, 0.4) is 0 Å². The summed E-state index contributed by atoms with van der Waals surface area (Å²) in [6.07, 6.45) is 4.96. The minimum atomic E-state index is -1.02. The van der Waals surface area contributed by atoms with Gasteiger partial charge >= 0.3 is 0 Å². The largest absolute Gasteiger partial charge is 0.247 e. The molecule has 1 atom stereocenters. The molecule has 1 aliphatic heterocycles. The lowest BCUT2D eigenvalue weighted by Gasteiger charge is -2.43. The Bertz CT molecular complexity index is 215. The van der Waals surface area contributed by atoms with E-state index in [-0.39, 0.29) is 5.38 Å². The van der Waals surface area contributed by atoms with Crippen LogP contribution in [0, 0.1) is 0 Å². The quantitative estimate of drug-likeness (QED) is 0.518. The summed E-state index contributed by atoms with van der Waals surface area (Å²) in [5.41, 5.74) is 0. The zero-order valence-corrected chi connectivity index (χ0v) is 9.88. The lowest BCUT2D eigenvalue weighted by atomic mass is 9.94. The van der Waals surface area contributed by atoms with E-state index < -0.39 is 11.6 Å². The van der Waals surface area contributed by atoms with Crippen molar-refractivity contribution in [2.45, 2.75) is 62.9 Å². The van der Waals surface area contributed by atoms with E-state index in [4.69, 9.17) is 31.2 Å². The highest BCUT2D eigenvalue weighted by atomic mass is 35.5. The number of hydrogen-bond acceptors (Lipinski definition) is 4. The third kappa shape index (κ3) is 2.29. The zero-order chi connectivity index (χ0) is 10.9. The number of rotatable bonds is 1. The van der Waals surface area contributed by atoms with Crippen molar-refractivity contribution in [3.05, 3.63) is 0 Å². The Morgan fingerprint density at radius 3 is 2.00 bits per heavy atom. The Hall–Kier alpha value is 0.130. The third-order valence-electron chi connectivity index (χ3n) is 3.06. The van der Waals surface area contributed by atoms with Gasteiger partial charge < -0.3 is 0 Å². The molecular formula is C10H17ClO4. The van der Waals surface area contributed by atoms with Crippen LogP contribution in [0.5, 0.6) is 0 Å². The van der Waals surface area contributed by atoms with Crippen molar-refractivity contribution in [3.8, 4) is 0 Å². The minimum Gasteiger partial charge on any atom is -0.195 e. The molecule has 0 aromatic carbocycles. The molecule has 0 aromatic rings. The molecule has 1 unspecified atom stereocenters. The van der Waals surface area contributed by atoms with Gasteiger partial charge in [0.2, 0.25) is 11.6 Å². The van der Waals surface area contributed by atoms with Crippen molar-refractivity contribution in [1.29, 1.82) is 0 Å². The SMILES string of the molecule is CC(Cl)C1(C)OOC2(CCCCC2)OO1. The van der Waals surface area contributed by atoms with Gasteiger partial charge in [0.1, 0.15) is 0 Å². The van der Waals surface area contributed by atoms with Gasteiger partial charge in [0.05, 0.1) is 5.38 Å². The summed E-state index contributed by atoms with van der Waals surface area (Å²) in [7, 11) is 0. The van der Waals surface area contributed by atoms with E-state index in [1.54, 1.807) is 13.8 Å². The van der Waals surface area contributed by atoms with E-state index in [0.29, 0.717) is 0 Å². The minimum absolute atomic E-state index is 0.349. The first-order valence-corrected chi connectivity index (χ1v) is 5.88. The normalized spacial score (nSPS) is 31.4. The first kappa shape index (κ1) is 11.6. The molecule has 0 N–H and O–H groups in total. The van der Waals surface area contributed by atoms with Gasteiger partial charge in [0.15, 0.2) is 0 Å². The highest BCUT2D eigenvalue weighted by Crippen LogP contribution is 2.40. The maximum atomic E-state index is 5.92. The van der Waals surface area contributed by atoms with Crippen molar-refractivity contribution in [2.24, 2.45) is 0 Å². The Balaban J connectivity index is 1.96. The number of halogens is 1. The fourth-order valence-electron chi connectivity index (χ4n) is 1.73. The van der Waals surface area contributed by atoms with Crippen molar-refractivity contribution in [1.82, 2.24) is 0 Å². The van der Waals surface area contributed by atoms with Gasteiger partial charge in [-0.15, -0.1) is 11.6 Å². The van der Waals surface area contributed by atoms with E-state index >= 15 is 0 Å². The van der Waals surface area contributed by atoms with Crippen molar-refractivity contribution in [3.63, 3.8) is 0 Å². The molecule has 2 rings (SSSR count). The molecule has 0 amide bonds. The van der Waals surface area contributed by atoms with Crippen LogP contribution < -0.4 is 0 Å². The topological polar surface area (TPSA) is 36.9 Å². The highest BCUT2D eigenvalue weighted by Gasteiger charge is 2.49. The molecule has 2 fully saturated rings. The summed E-state index contributed by atoms with van der Waals surface area (Å²) in [6, 6.07) is 0. The molecule has 88 valence electrons. The predicted molar refractivity (Wildman–Crippen MR) is 53.9 cm³/mol. The Morgan fingerprint density at radius 1 is 1.00 bits per heavy atom. The monoisotopic (exact) mass is 236 g/mol. The molecular weight excluding hydrogens is 220 g/mol. The molecule has 5 heteroatoms. The predicted octanol–water partition coefficient (Wildman–Crippen LogP) is 2.90. The van der Waals surface area contributed by atoms with Gasteiger partial charge in [-0.2, -0.15) is 19.6 Å². The van der Waals surface area contributed by atoms with Crippen LogP contribution in [0.4, 0.5) is 0 Å². The Labute approximate surface area is 94.6 Å².